The minimum Gasteiger partial charge on any atom is -0.315 e. The van der Waals surface area contributed by atoms with Crippen LogP contribution in [-0.4, -0.2) is 29.1 Å². The minimum absolute atomic E-state index is 0.315. The molecular formula is C41H30N6. The third-order valence-corrected chi connectivity index (χ3v) is 9.12. The molecule has 0 saturated heterocycles. The molecule has 9 rings (SSSR count). The molecule has 1 atom stereocenters. The first-order valence-electron chi connectivity index (χ1n) is 16.0. The number of fused-ring (bicyclic) bond motifs is 5. The zero-order valence-corrected chi connectivity index (χ0v) is 25.8. The molecule has 4 aromatic heterocycles. The summed E-state index contributed by atoms with van der Waals surface area (Å²) in [5.41, 5.74) is 12.0. The molecule has 8 aromatic rings. The lowest BCUT2D eigenvalue weighted by Crippen LogP contribution is -2.14. The Morgan fingerprint density at radius 2 is 1.23 bits per heavy atom. The maximum Gasteiger partial charge on any atom is 0.238 e. The molecular weight excluding hydrogens is 576 g/mol. The highest BCUT2D eigenvalue weighted by molar-refractivity contribution is 5.92. The summed E-state index contributed by atoms with van der Waals surface area (Å²) in [5, 5.41) is 0. The zero-order chi connectivity index (χ0) is 31.3. The average molecular weight is 607 g/mol. The van der Waals surface area contributed by atoms with E-state index in [9.17, 15) is 0 Å². The Morgan fingerprint density at radius 1 is 0.596 bits per heavy atom. The summed E-state index contributed by atoms with van der Waals surface area (Å²) in [4.78, 5) is 20.3. The highest BCUT2D eigenvalue weighted by atomic mass is 15.2. The van der Waals surface area contributed by atoms with Gasteiger partial charge in [-0.15, -0.1) is 0 Å². The topological polar surface area (TPSA) is 61.4 Å². The van der Waals surface area contributed by atoms with Crippen LogP contribution < -0.4 is 0 Å². The Kier molecular flexibility index (Phi) is 6.38. The van der Waals surface area contributed by atoms with E-state index in [1.807, 2.05) is 72.9 Å². The van der Waals surface area contributed by atoms with E-state index >= 15 is 0 Å². The highest BCUT2D eigenvalue weighted by Gasteiger charge is 2.33. The van der Waals surface area contributed by atoms with Gasteiger partial charge in [-0.2, -0.15) is 9.97 Å². The van der Waals surface area contributed by atoms with Crippen molar-refractivity contribution in [2.45, 2.75) is 19.3 Å². The molecule has 0 fully saturated rings. The van der Waals surface area contributed by atoms with Gasteiger partial charge in [0.05, 0.1) is 22.4 Å². The van der Waals surface area contributed by atoms with E-state index in [1.54, 1.807) is 0 Å². The lowest BCUT2D eigenvalue weighted by atomic mass is 9.86. The number of rotatable bonds is 5. The number of pyridine rings is 1. The van der Waals surface area contributed by atoms with Gasteiger partial charge in [0.2, 0.25) is 5.95 Å². The molecule has 0 saturated carbocycles. The van der Waals surface area contributed by atoms with Crippen molar-refractivity contribution < 1.29 is 0 Å². The van der Waals surface area contributed by atoms with E-state index in [4.69, 9.17) is 19.9 Å². The molecule has 0 spiro atoms. The Bertz CT molecular complexity index is 2330. The number of aromatic nitrogens is 6. The van der Waals surface area contributed by atoms with Crippen LogP contribution in [0, 0.1) is 0 Å². The van der Waals surface area contributed by atoms with Crippen LogP contribution in [0.4, 0.5) is 0 Å². The maximum atomic E-state index is 5.17. The first kappa shape index (κ1) is 27.2. The maximum absolute atomic E-state index is 5.17. The van der Waals surface area contributed by atoms with Crippen LogP contribution in [-0.2, 0) is 6.42 Å². The molecule has 4 aromatic carbocycles. The van der Waals surface area contributed by atoms with E-state index in [1.165, 1.54) is 22.3 Å². The Labute approximate surface area is 272 Å². The number of nitrogens with zero attached hydrogens (tertiary/aromatic N) is 6. The quantitative estimate of drug-likeness (QED) is 0.196. The van der Waals surface area contributed by atoms with Crippen LogP contribution in [0.25, 0.3) is 68.0 Å². The normalized spacial score (nSPS) is 13.8. The van der Waals surface area contributed by atoms with Crippen molar-refractivity contribution in [3.8, 4) is 56.9 Å². The molecule has 1 aliphatic carbocycles. The van der Waals surface area contributed by atoms with Gasteiger partial charge >= 0.3 is 0 Å². The van der Waals surface area contributed by atoms with E-state index in [0.29, 0.717) is 23.5 Å². The number of hydrogen-bond donors (Lipinski definition) is 0. The van der Waals surface area contributed by atoms with E-state index in [2.05, 4.69) is 89.0 Å². The third-order valence-electron chi connectivity index (χ3n) is 9.12. The summed E-state index contributed by atoms with van der Waals surface area (Å²) in [6.45, 7) is 2.31. The van der Waals surface area contributed by atoms with Crippen molar-refractivity contribution in [3.05, 3.63) is 157 Å². The van der Waals surface area contributed by atoms with Gasteiger partial charge in [-0.05, 0) is 59.4 Å². The molecule has 1 aliphatic rings. The Hall–Kier alpha value is -6.14. The Morgan fingerprint density at radius 3 is 1.91 bits per heavy atom. The van der Waals surface area contributed by atoms with Gasteiger partial charge in [-0.25, -0.2) is 4.98 Å². The summed E-state index contributed by atoms with van der Waals surface area (Å²) >= 11 is 0. The fourth-order valence-electron chi connectivity index (χ4n) is 6.92. The summed E-state index contributed by atoms with van der Waals surface area (Å²) in [5.74, 6) is 2.15. The van der Waals surface area contributed by atoms with E-state index < -0.39 is 0 Å². The molecule has 6 nitrogen and oxygen atoms in total. The largest absolute Gasteiger partial charge is 0.315 e. The molecule has 0 N–H and O–H groups in total. The van der Waals surface area contributed by atoms with Crippen molar-refractivity contribution >= 4 is 11.0 Å². The number of benzene rings is 4. The molecule has 0 aliphatic heterocycles. The third kappa shape index (κ3) is 4.57. The second-order valence-corrected chi connectivity index (χ2v) is 12.1. The zero-order valence-electron chi connectivity index (χ0n) is 25.8. The van der Waals surface area contributed by atoms with Crippen LogP contribution in [0.3, 0.4) is 0 Å². The van der Waals surface area contributed by atoms with Gasteiger partial charge in [-0.3, -0.25) is 9.55 Å². The van der Waals surface area contributed by atoms with Crippen molar-refractivity contribution in [2.75, 3.05) is 0 Å². The first-order chi connectivity index (χ1) is 23.2. The van der Waals surface area contributed by atoms with E-state index in [0.717, 1.165) is 45.7 Å². The van der Waals surface area contributed by atoms with Crippen LogP contribution in [0.15, 0.2) is 146 Å². The van der Waals surface area contributed by atoms with Gasteiger partial charge < -0.3 is 4.57 Å². The summed E-state index contributed by atoms with van der Waals surface area (Å²) in [6, 6.07) is 45.9. The van der Waals surface area contributed by atoms with Crippen LogP contribution >= 0.6 is 0 Å². The lowest BCUT2D eigenvalue weighted by Gasteiger charge is -2.24. The minimum atomic E-state index is 0.315. The van der Waals surface area contributed by atoms with Gasteiger partial charge in [0.15, 0.2) is 11.6 Å². The molecule has 1 unspecified atom stereocenters. The molecule has 4 heterocycles. The molecule has 0 amide bonds. The molecule has 0 radical (unpaired) electrons. The molecule has 0 bridgehead atoms. The second kappa shape index (κ2) is 11.0. The SMILES string of the molecule is CC1Cc2c(n(-c3nc(-c4ccccc4)nc(-c4ccccc4)n3)c3cccnc23)-c2c1ccn2-c1cccc(-c2ccccc2)c1. The average Bonchev–Trinajstić information content (AvgIpc) is 3.73. The second-order valence-electron chi connectivity index (χ2n) is 12.1. The molecule has 224 valence electrons. The highest BCUT2D eigenvalue weighted by Crippen LogP contribution is 2.46. The van der Waals surface area contributed by atoms with E-state index in [-0.39, 0.29) is 0 Å². The van der Waals surface area contributed by atoms with Crippen molar-refractivity contribution in [1.29, 1.82) is 0 Å². The predicted octanol–water partition coefficient (Wildman–Crippen LogP) is 9.33. The first-order valence-corrected chi connectivity index (χ1v) is 16.0. The Balaban J connectivity index is 1.32. The van der Waals surface area contributed by atoms with Crippen molar-refractivity contribution in [2.24, 2.45) is 0 Å². The standard InChI is InChI=1S/C41H30N6/c1-27-25-34-36-35(21-12-23-42-36)47(41-44-39(29-15-7-3-8-16-29)43-40(45-41)30-17-9-4-10-18-30)38(34)37-33(27)22-24-46(37)32-20-11-19-31(26-32)28-13-5-2-6-14-28/h2-24,26-27H,25H2,1H3. The van der Waals surface area contributed by atoms with Crippen LogP contribution in [0.5, 0.6) is 0 Å². The number of hydrogen-bond acceptors (Lipinski definition) is 4. The summed E-state index contributed by atoms with van der Waals surface area (Å²) in [7, 11) is 0. The van der Waals surface area contributed by atoms with Crippen molar-refractivity contribution in [1.82, 2.24) is 29.1 Å². The smallest absolute Gasteiger partial charge is 0.238 e. The van der Waals surface area contributed by atoms with Gasteiger partial charge in [0, 0.05) is 34.8 Å². The summed E-state index contributed by atoms with van der Waals surface area (Å²) in [6.07, 6.45) is 4.96. The van der Waals surface area contributed by atoms with Crippen LogP contribution in [0.2, 0.25) is 0 Å². The molecule has 6 heteroatoms. The van der Waals surface area contributed by atoms with Crippen LogP contribution in [0.1, 0.15) is 24.0 Å². The summed E-state index contributed by atoms with van der Waals surface area (Å²) < 4.78 is 4.53. The predicted molar refractivity (Wildman–Crippen MR) is 188 cm³/mol. The fraction of sp³-hybridized carbons (Fsp3) is 0.0732. The monoisotopic (exact) mass is 606 g/mol. The van der Waals surface area contributed by atoms with Gasteiger partial charge in [0.25, 0.3) is 0 Å². The van der Waals surface area contributed by atoms with Crippen molar-refractivity contribution in [3.63, 3.8) is 0 Å². The van der Waals surface area contributed by atoms with Gasteiger partial charge in [0.1, 0.15) is 0 Å². The lowest BCUT2D eigenvalue weighted by molar-refractivity contribution is 0.743. The fourth-order valence-corrected chi connectivity index (χ4v) is 6.92. The molecule has 47 heavy (non-hydrogen) atoms. The van der Waals surface area contributed by atoms with Gasteiger partial charge in [-0.1, -0.05) is 110 Å².